The monoisotopic (exact) mass is 609 g/mol. The molecule has 0 unspecified atom stereocenters. The Bertz CT molecular complexity index is 646. The van der Waals surface area contributed by atoms with Gasteiger partial charge in [0, 0.05) is 19.6 Å². The highest BCUT2D eigenvalue weighted by atomic mass is 16.2. The van der Waals surface area contributed by atoms with Gasteiger partial charge in [-0.1, -0.05) is 155 Å². The van der Waals surface area contributed by atoms with Crippen LogP contribution in [0, 0.1) is 5.41 Å². The van der Waals surface area contributed by atoms with Crippen molar-refractivity contribution < 1.29 is 9.59 Å². The fourth-order valence-corrected chi connectivity index (χ4v) is 5.48. The third-order valence-electron chi connectivity index (χ3n) is 8.25. The normalized spacial score (nSPS) is 11.7. The quantitative estimate of drug-likeness (QED) is 0.0260. The predicted molar refractivity (Wildman–Crippen MR) is 185 cm³/mol. The van der Waals surface area contributed by atoms with Crippen molar-refractivity contribution in [3.8, 4) is 0 Å². The maximum absolute atomic E-state index is 12.8. The highest BCUT2D eigenvalue weighted by Gasteiger charge is 2.20. The van der Waals surface area contributed by atoms with Gasteiger partial charge in [-0.15, -0.1) is 0 Å². The van der Waals surface area contributed by atoms with E-state index in [0.29, 0.717) is 32.5 Å². The van der Waals surface area contributed by atoms with Crippen molar-refractivity contribution >= 4 is 17.9 Å². The molecule has 8 nitrogen and oxygen atoms in total. The Morgan fingerprint density at radius 2 is 0.860 bits per heavy atom. The molecule has 43 heavy (non-hydrogen) atoms. The molecule has 0 aromatic rings. The van der Waals surface area contributed by atoms with Gasteiger partial charge in [-0.3, -0.25) is 10.2 Å². The van der Waals surface area contributed by atoms with Crippen molar-refractivity contribution in [1.29, 1.82) is 5.41 Å². The Hall–Kier alpha value is -1.99. The van der Waals surface area contributed by atoms with Gasteiger partial charge in [-0.2, -0.15) is 0 Å². The summed E-state index contributed by atoms with van der Waals surface area (Å²) in [6, 6.07) is -0.874. The molecule has 254 valence electrons. The van der Waals surface area contributed by atoms with E-state index in [9.17, 15) is 9.59 Å². The molecule has 0 aliphatic rings. The Labute approximate surface area is 266 Å². The van der Waals surface area contributed by atoms with E-state index >= 15 is 0 Å². The molecule has 0 bridgehead atoms. The third-order valence-corrected chi connectivity index (χ3v) is 8.25. The van der Waals surface area contributed by atoms with E-state index in [-0.39, 0.29) is 17.9 Å². The van der Waals surface area contributed by atoms with E-state index in [0.717, 1.165) is 25.7 Å². The average Bonchev–Trinajstić information content (AvgIpc) is 2.99. The lowest BCUT2D eigenvalue weighted by atomic mass is 10.0. The molecule has 0 spiro atoms. The van der Waals surface area contributed by atoms with Gasteiger partial charge in [0.15, 0.2) is 5.96 Å². The van der Waals surface area contributed by atoms with Gasteiger partial charge >= 0.3 is 6.03 Å². The molecule has 0 aromatic carbocycles. The highest BCUT2D eigenvalue weighted by molar-refractivity contribution is 5.86. The van der Waals surface area contributed by atoms with Crippen molar-refractivity contribution in [3.05, 3.63) is 0 Å². The number of unbranched alkanes of at least 4 members (excludes halogenated alkanes) is 22. The zero-order valence-corrected chi connectivity index (χ0v) is 28.5. The maximum Gasteiger partial charge on any atom is 0.315 e. The molecule has 0 aliphatic carbocycles. The molecule has 0 radical (unpaired) electrons. The van der Waals surface area contributed by atoms with Crippen molar-refractivity contribution in [3.63, 3.8) is 0 Å². The first kappa shape index (κ1) is 41.0. The average molecular weight is 609 g/mol. The number of hydrogen-bond donors (Lipinski definition) is 6. The fraction of sp³-hybridized carbons (Fsp3) is 0.914. The molecule has 0 fully saturated rings. The standard InChI is InChI=1S/C35H72N6O2/c1-3-5-7-9-11-13-15-16-17-18-20-22-24-26-30-40-35(43)41-32(28-27-31-39-34(36)37)33(42)38-29-25-23-21-19-14-12-10-8-6-4-2/h32H,3-31H2,1-2H3,(H,38,42)(H4,36,37,39)(H2,40,41,43)/t32-/m0/s1. The van der Waals surface area contributed by atoms with Gasteiger partial charge in [0.2, 0.25) is 5.91 Å². The minimum absolute atomic E-state index is 0.0826. The fourth-order valence-electron chi connectivity index (χ4n) is 5.48. The van der Waals surface area contributed by atoms with Crippen molar-refractivity contribution in [2.75, 3.05) is 19.6 Å². The number of nitrogens with one attached hydrogen (secondary N) is 5. The number of urea groups is 1. The maximum atomic E-state index is 12.8. The predicted octanol–water partition coefficient (Wildman–Crippen LogP) is 8.44. The van der Waals surface area contributed by atoms with Crippen molar-refractivity contribution in [2.24, 2.45) is 5.73 Å². The summed E-state index contributed by atoms with van der Waals surface area (Å²) in [5, 5.41) is 18.9. The molecular weight excluding hydrogens is 536 g/mol. The van der Waals surface area contributed by atoms with Crippen LogP contribution in [0.2, 0.25) is 0 Å². The highest BCUT2D eigenvalue weighted by Crippen LogP contribution is 2.13. The Kier molecular flexibility index (Phi) is 31.4. The van der Waals surface area contributed by atoms with Crippen LogP contribution in [0.3, 0.4) is 0 Å². The minimum Gasteiger partial charge on any atom is -0.370 e. The number of nitrogens with two attached hydrogens (primary N) is 1. The number of rotatable bonds is 32. The van der Waals surface area contributed by atoms with Crippen LogP contribution in [-0.4, -0.2) is 43.6 Å². The number of carbonyl (C=O) groups excluding carboxylic acids is 2. The summed E-state index contributed by atoms with van der Waals surface area (Å²) in [5.74, 6) is -0.216. The SMILES string of the molecule is CCCCCCCCCCCCCCCCNC(=O)N[C@@H](CCCNC(=N)N)C(=O)NCCCCCCCCCCCC. The lowest BCUT2D eigenvalue weighted by Crippen LogP contribution is -2.50. The van der Waals surface area contributed by atoms with E-state index in [4.69, 9.17) is 11.1 Å². The Morgan fingerprint density at radius 1 is 0.512 bits per heavy atom. The smallest absolute Gasteiger partial charge is 0.315 e. The molecule has 7 N–H and O–H groups in total. The van der Waals surface area contributed by atoms with Crippen LogP contribution in [0.4, 0.5) is 4.79 Å². The first-order valence-electron chi connectivity index (χ1n) is 18.4. The Balaban J connectivity index is 3.99. The van der Waals surface area contributed by atoms with Gasteiger partial charge in [0.05, 0.1) is 0 Å². The number of hydrogen-bond acceptors (Lipinski definition) is 3. The molecule has 8 heteroatoms. The molecule has 1 atom stereocenters. The van der Waals surface area contributed by atoms with E-state index < -0.39 is 6.04 Å². The number of carbonyl (C=O) groups is 2. The summed E-state index contributed by atoms with van der Waals surface area (Å²) in [6.07, 6.45) is 32.0. The molecule has 0 saturated carbocycles. The minimum atomic E-state index is -0.590. The van der Waals surface area contributed by atoms with Crippen LogP contribution in [0.1, 0.15) is 181 Å². The second kappa shape index (κ2) is 32.9. The molecule has 3 amide bonds. The molecule has 0 saturated heterocycles. The molecule has 0 aliphatic heterocycles. The summed E-state index contributed by atoms with van der Waals surface area (Å²) < 4.78 is 0. The van der Waals surface area contributed by atoms with Crippen LogP contribution in [-0.2, 0) is 4.79 Å². The zero-order chi connectivity index (χ0) is 31.6. The largest absolute Gasteiger partial charge is 0.370 e. The molecule has 0 aromatic heterocycles. The topological polar surface area (TPSA) is 132 Å². The van der Waals surface area contributed by atoms with Gasteiger partial charge in [-0.25, -0.2) is 4.79 Å². The lowest BCUT2D eigenvalue weighted by molar-refractivity contribution is -0.123. The van der Waals surface area contributed by atoms with E-state index in [1.54, 1.807) is 0 Å². The molecular formula is C35H72N6O2. The zero-order valence-electron chi connectivity index (χ0n) is 28.5. The van der Waals surface area contributed by atoms with Crippen LogP contribution < -0.4 is 27.0 Å². The summed E-state index contributed by atoms with van der Waals surface area (Å²) in [4.78, 5) is 25.4. The summed E-state index contributed by atoms with van der Waals surface area (Å²) in [5.41, 5.74) is 5.36. The first-order valence-corrected chi connectivity index (χ1v) is 18.4. The van der Waals surface area contributed by atoms with E-state index in [1.807, 2.05) is 0 Å². The van der Waals surface area contributed by atoms with Gasteiger partial charge in [0.25, 0.3) is 0 Å². The summed E-state index contributed by atoms with van der Waals surface area (Å²) >= 11 is 0. The number of amides is 3. The van der Waals surface area contributed by atoms with Crippen LogP contribution in [0.15, 0.2) is 0 Å². The Morgan fingerprint density at radius 3 is 1.26 bits per heavy atom. The van der Waals surface area contributed by atoms with Gasteiger partial charge in [0.1, 0.15) is 6.04 Å². The van der Waals surface area contributed by atoms with Crippen molar-refractivity contribution in [2.45, 2.75) is 187 Å². The van der Waals surface area contributed by atoms with Gasteiger partial charge in [-0.05, 0) is 25.7 Å². The third kappa shape index (κ3) is 31.2. The second-order valence-electron chi connectivity index (χ2n) is 12.5. The molecule has 0 rings (SSSR count). The molecule has 0 heterocycles. The lowest BCUT2D eigenvalue weighted by Gasteiger charge is -2.19. The summed E-state index contributed by atoms with van der Waals surface area (Å²) in [6.45, 7) is 6.29. The van der Waals surface area contributed by atoms with Gasteiger partial charge < -0.3 is 27.0 Å². The second-order valence-corrected chi connectivity index (χ2v) is 12.5. The first-order chi connectivity index (χ1) is 21.0. The van der Waals surface area contributed by atoms with Crippen molar-refractivity contribution in [1.82, 2.24) is 21.3 Å². The number of guanidine groups is 1. The van der Waals surface area contributed by atoms with E-state index in [1.165, 1.54) is 128 Å². The van der Waals surface area contributed by atoms with Crippen LogP contribution in [0.5, 0.6) is 0 Å². The van der Waals surface area contributed by atoms with Crippen LogP contribution in [0.25, 0.3) is 0 Å². The van der Waals surface area contributed by atoms with Crippen LogP contribution >= 0.6 is 0 Å². The van der Waals surface area contributed by atoms with E-state index in [2.05, 4.69) is 35.1 Å². The summed E-state index contributed by atoms with van der Waals surface area (Å²) in [7, 11) is 0.